The molecule has 3 aromatic rings. The number of hydrogen-bond donors (Lipinski definition) is 1. The van der Waals surface area contributed by atoms with Crippen molar-refractivity contribution < 1.29 is 14.3 Å². The van der Waals surface area contributed by atoms with E-state index in [1.807, 2.05) is 46.7 Å². The number of fused-ring (bicyclic) bond motifs is 1. The molecule has 2 amide bonds. The highest BCUT2D eigenvalue weighted by Gasteiger charge is 2.32. The predicted octanol–water partition coefficient (Wildman–Crippen LogP) is 4.60. The average molecular weight is 465 g/mol. The van der Waals surface area contributed by atoms with Crippen LogP contribution in [0.5, 0.6) is 5.75 Å². The molecule has 3 heterocycles. The largest absolute Gasteiger partial charge is 0.493 e. The number of carbonyl (C=O) groups is 2. The molecule has 0 aliphatic carbocycles. The first-order chi connectivity index (χ1) is 15.6. The van der Waals surface area contributed by atoms with Gasteiger partial charge in [0.15, 0.2) is 0 Å². The van der Waals surface area contributed by atoms with Crippen LogP contribution in [-0.2, 0) is 6.42 Å². The number of hydrogen-bond acceptors (Lipinski definition) is 5. The molecule has 0 saturated carbocycles. The topological polar surface area (TPSA) is 58.6 Å². The molecule has 2 aliphatic heterocycles. The summed E-state index contributed by atoms with van der Waals surface area (Å²) in [6.07, 6.45) is 0.752. The molecule has 1 unspecified atom stereocenters. The van der Waals surface area contributed by atoms with Gasteiger partial charge in [-0.3, -0.25) is 9.59 Å². The van der Waals surface area contributed by atoms with E-state index in [1.54, 1.807) is 23.1 Å². The third-order valence-electron chi connectivity index (χ3n) is 5.85. The lowest BCUT2D eigenvalue weighted by Crippen LogP contribution is -2.42. The van der Waals surface area contributed by atoms with E-state index >= 15 is 0 Å². The highest BCUT2D eigenvalue weighted by Crippen LogP contribution is 2.34. The van der Waals surface area contributed by atoms with Crippen LogP contribution < -0.4 is 10.1 Å². The van der Waals surface area contributed by atoms with Crippen molar-refractivity contribution in [2.75, 3.05) is 25.4 Å². The third kappa shape index (κ3) is 4.02. The van der Waals surface area contributed by atoms with Gasteiger partial charge in [-0.15, -0.1) is 23.1 Å². The van der Waals surface area contributed by atoms with Gasteiger partial charge in [-0.2, -0.15) is 0 Å². The molecule has 1 fully saturated rings. The van der Waals surface area contributed by atoms with Gasteiger partial charge in [-0.25, -0.2) is 0 Å². The Balaban J connectivity index is 1.30. The standard InChI is InChI=1S/C25H24N2O3S2/c1-16-4-2-5-17(14-16)23-20(9-12-32-23)25(29)27-10-13-31-22(27)15-26-24(28)19-6-3-7-21-18(19)8-11-30-21/h2-7,9,12,14,22H,8,10-11,13,15H2,1H3,(H,26,28). The van der Waals surface area contributed by atoms with E-state index in [4.69, 9.17) is 4.74 Å². The fourth-order valence-electron chi connectivity index (χ4n) is 4.27. The second-order valence-electron chi connectivity index (χ2n) is 7.95. The number of aryl methyl sites for hydroxylation is 1. The van der Waals surface area contributed by atoms with Crippen LogP contribution in [0.3, 0.4) is 0 Å². The summed E-state index contributed by atoms with van der Waals surface area (Å²) < 4.78 is 5.58. The van der Waals surface area contributed by atoms with Crippen LogP contribution in [-0.4, -0.2) is 47.5 Å². The normalized spacial score (nSPS) is 17.2. The molecule has 1 N–H and O–H groups in total. The Labute approximate surface area is 195 Å². The van der Waals surface area contributed by atoms with Crippen molar-refractivity contribution in [2.45, 2.75) is 18.7 Å². The van der Waals surface area contributed by atoms with Gasteiger partial charge in [0.25, 0.3) is 11.8 Å². The zero-order valence-corrected chi connectivity index (χ0v) is 19.4. The summed E-state index contributed by atoms with van der Waals surface area (Å²) in [4.78, 5) is 29.2. The maximum atomic E-state index is 13.5. The molecule has 32 heavy (non-hydrogen) atoms. The third-order valence-corrected chi connectivity index (χ3v) is 8.04. The molecule has 2 aliphatic rings. The Morgan fingerprint density at radius 1 is 1.16 bits per heavy atom. The highest BCUT2D eigenvalue weighted by molar-refractivity contribution is 8.00. The molecule has 0 radical (unpaired) electrons. The molecular formula is C25H24N2O3S2. The maximum Gasteiger partial charge on any atom is 0.256 e. The predicted molar refractivity (Wildman–Crippen MR) is 130 cm³/mol. The van der Waals surface area contributed by atoms with Crippen LogP contribution in [0.2, 0.25) is 0 Å². The lowest BCUT2D eigenvalue weighted by atomic mass is 10.0. The number of thiophene rings is 1. The lowest BCUT2D eigenvalue weighted by Gasteiger charge is -2.24. The van der Waals surface area contributed by atoms with Gasteiger partial charge in [-0.05, 0) is 36.1 Å². The fraction of sp³-hybridized carbons (Fsp3) is 0.280. The second-order valence-corrected chi connectivity index (χ2v) is 10.1. The van der Waals surface area contributed by atoms with Crippen molar-refractivity contribution in [1.29, 1.82) is 0 Å². The molecule has 5 rings (SSSR count). The minimum absolute atomic E-state index is 0.0287. The molecule has 0 spiro atoms. The summed E-state index contributed by atoms with van der Waals surface area (Å²) in [7, 11) is 0. The van der Waals surface area contributed by atoms with Gasteiger partial charge >= 0.3 is 0 Å². The number of thioether (sulfide) groups is 1. The van der Waals surface area contributed by atoms with Gasteiger partial charge in [0, 0.05) is 41.3 Å². The Kier molecular flexibility index (Phi) is 5.93. The lowest BCUT2D eigenvalue weighted by molar-refractivity contribution is 0.0752. The molecule has 2 aromatic carbocycles. The first kappa shape index (κ1) is 21.1. The minimum atomic E-state index is -0.108. The van der Waals surface area contributed by atoms with E-state index in [0.717, 1.165) is 39.5 Å². The number of ether oxygens (including phenoxy) is 1. The molecule has 1 aromatic heterocycles. The number of rotatable bonds is 5. The van der Waals surface area contributed by atoms with E-state index in [0.29, 0.717) is 25.3 Å². The van der Waals surface area contributed by atoms with Crippen LogP contribution in [0.1, 0.15) is 31.8 Å². The summed E-state index contributed by atoms with van der Waals surface area (Å²) in [5.41, 5.74) is 4.61. The van der Waals surface area contributed by atoms with E-state index in [9.17, 15) is 9.59 Å². The second kappa shape index (κ2) is 9.00. The van der Waals surface area contributed by atoms with E-state index in [-0.39, 0.29) is 17.2 Å². The fourth-order valence-corrected chi connectivity index (χ4v) is 6.32. The molecular weight excluding hydrogens is 440 g/mol. The van der Waals surface area contributed by atoms with Gasteiger partial charge in [0.05, 0.1) is 17.5 Å². The summed E-state index contributed by atoms with van der Waals surface area (Å²) >= 11 is 3.30. The molecule has 5 nitrogen and oxygen atoms in total. The van der Waals surface area contributed by atoms with Gasteiger partial charge in [0.2, 0.25) is 0 Å². The van der Waals surface area contributed by atoms with Crippen LogP contribution in [0.15, 0.2) is 53.9 Å². The molecule has 164 valence electrons. The maximum absolute atomic E-state index is 13.5. The minimum Gasteiger partial charge on any atom is -0.493 e. The first-order valence-corrected chi connectivity index (χ1v) is 12.6. The van der Waals surface area contributed by atoms with Crippen molar-refractivity contribution in [2.24, 2.45) is 0 Å². The van der Waals surface area contributed by atoms with Crippen LogP contribution in [0.25, 0.3) is 10.4 Å². The summed E-state index contributed by atoms with van der Waals surface area (Å²) in [6, 6.07) is 15.7. The summed E-state index contributed by atoms with van der Waals surface area (Å²) in [5, 5.41) is 4.94. The van der Waals surface area contributed by atoms with Crippen molar-refractivity contribution in [1.82, 2.24) is 10.2 Å². The SMILES string of the molecule is Cc1cccc(-c2sccc2C(=O)N2CCSC2CNC(=O)c2cccc3c2CCO3)c1. The van der Waals surface area contributed by atoms with Crippen LogP contribution in [0.4, 0.5) is 0 Å². The number of nitrogens with zero attached hydrogens (tertiary/aromatic N) is 1. The van der Waals surface area contributed by atoms with Gasteiger partial charge in [-0.1, -0.05) is 35.9 Å². The van der Waals surface area contributed by atoms with Crippen LogP contribution >= 0.6 is 23.1 Å². The smallest absolute Gasteiger partial charge is 0.256 e. The quantitative estimate of drug-likeness (QED) is 0.599. The summed E-state index contributed by atoms with van der Waals surface area (Å²) in [6.45, 7) is 3.78. The molecule has 7 heteroatoms. The van der Waals surface area contributed by atoms with Gasteiger partial charge < -0.3 is 15.0 Å². The van der Waals surface area contributed by atoms with E-state index in [2.05, 4.69) is 24.4 Å². The Hall–Kier alpha value is -2.77. The van der Waals surface area contributed by atoms with Crippen LogP contribution in [0, 0.1) is 6.92 Å². The first-order valence-electron chi connectivity index (χ1n) is 10.7. The van der Waals surface area contributed by atoms with Crippen molar-refractivity contribution in [3.05, 3.63) is 76.2 Å². The highest BCUT2D eigenvalue weighted by atomic mass is 32.2. The van der Waals surface area contributed by atoms with Crippen molar-refractivity contribution in [3.8, 4) is 16.2 Å². The number of benzene rings is 2. The zero-order valence-electron chi connectivity index (χ0n) is 17.8. The van der Waals surface area contributed by atoms with E-state index in [1.165, 1.54) is 5.56 Å². The Bertz CT molecular complexity index is 1170. The number of carbonyl (C=O) groups excluding carboxylic acids is 2. The monoisotopic (exact) mass is 464 g/mol. The molecule has 0 bridgehead atoms. The van der Waals surface area contributed by atoms with Crippen molar-refractivity contribution >= 4 is 34.9 Å². The number of nitrogens with one attached hydrogen (secondary N) is 1. The Morgan fingerprint density at radius 2 is 2.03 bits per heavy atom. The number of amides is 2. The average Bonchev–Trinajstić information content (AvgIpc) is 3.57. The Morgan fingerprint density at radius 3 is 2.91 bits per heavy atom. The molecule has 1 atom stereocenters. The van der Waals surface area contributed by atoms with Gasteiger partial charge in [0.1, 0.15) is 5.75 Å². The van der Waals surface area contributed by atoms with E-state index < -0.39 is 0 Å². The summed E-state index contributed by atoms with van der Waals surface area (Å²) in [5.74, 6) is 1.58. The molecule has 1 saturated heterocycles. The zero-order chi connectivity index (χ0) is 22.1. The van der Waals surface area contributed by atoms with Crippen molar-refractivity contribution in [3.63, 3.8) is 0 Å².